The molecule has 9 nitrogen and oxygen atoms in total. The highest BCUT2D eigenvalue weighted by molar-refractivity contribution is 5.79. The number of ether oxygens (including phenoxy) is 2. The van der Waals surface area contributed by atoms with Crippen molar-refractivity contribution in [3.63, 3.8) is 0 Å². The van der Waals surface area contributed by atoms with Crippen LogP contribution in [0.5, 0.6) is 0 Å². The van der Waals surface area contributed by atoms with E-state index in [-0.39, 0.29) is 39.1 Å². The summed E-state index contributed by atoms with van der Waals surface area (Å²) in [7, 11) is 0. The van der Waals surface area contributed by atoms with Crippen molar-refractivity contribution < 1.29 is 44.6 Å². The highest BCUT2D eigenvalue weighted by Crippen LogP contribution is 2.81. The van der Waals surface area contributed by atoms with Crippen molar-refractivity contribution in [2.24, 2.45) is 55.7 Å². The van der Waals surface area contributed by atoms with E-state index in [2.05, 4.69) is 52.8 Å². The molecule has 14 unspecified atom stereocenters. The van der Waals surface area contributed by atoms with Crippen LogP contribution in [0, 0.1) is 55.7 Å². The van der Waals surface area contributed by atoms with Gasteiger partial charge < -0.3 is 35.0 Å². The predicted molar refractivity (Wildman–Crippen MR) is 194 cm³/mol. The Hall–Kier alpha value is -1.78. The zero-order chi connectivity index (χ0) is 37.3. The Morgan fingerprint density at radius 2 is 1.52 bits per heavy atom. The third-order valence-corrected chi connectivity index (χ3v) is 18.0. The van der Waals surface area contributed by atoms with Crippen LogP contribution in [0.25, 0.3) is 0 Å². The quantitative estimate of drug-likeness (QED) is 0.149. The summed E-state index contributed by atoms with van der Waals surface area (Å²) in [5.41, 5.74) is 0.0359. The summed E-state index contributed by atoms with van der Waals surface area (Å²) >= 11 is 0. The molecule has 1 heterocycles. The van der Waals surface area contributed by atoms with Crippen molar-refractivity contribution in [1.29, 1.82) is 0 Å². The number of aliphatic hydroxyl groups excluding tert-OH is 3. The Labute approximate surface area is 309 Å². The normalized spacial score (nSPS) is 52.7. The SMILES string of the molecule is CC12CC=CC3(C1)C1=CCC4C5(C)CCC(OC6OC(C(=O)O)C(O)C(O)C6O)C(C)(C)C5CCC4(C)C1(C1CCCCC1)CCC3(C(=O)O)CC2. The van der Waals surface area contributed by atoms with Gasteiger partial charge in [0.15, 0.2) is 12.4 Å². The molecule has 0 aromatic heterocycles. The van der Waals surface area contributed by atoms with E-state index in [0.29, 0.717) is 18.3 Å². The van der Waals surface area contributed by atoms with E-state index < -0.39 is 53.5 Å². The van der Waals surface area contributed by atoms with E-state index in [4.69, 9.17) is 9.47 Å². The number of hydrogen-bond acceptors (Lipinski definition) is 7. The molecule has 8 rings (SSSR count). The average molecular weight is 725 g/mol. The summed E-state index contributed by atoms with van der Waals surface area (Å²) in [5.74, 6) is -0.757. The Kier molecular flexibility index (Phi) is 8.65. The maximum Gasteiger partial charge on any atom is 0.335 e. The first kappa shape index (κ1) is 37.2. The predicted octanol–water partition coefficient (Wildman–Crippen LogP) is 7.02. The molecule has 14 atom stereocenters. The van der Waals surface area contributed by atoms with Gasteiger partial charge in [-0.2, -0.15) is 0 Å². The fourth-order valence-electron chi connectivity index (χ4n) is 15.6. The lowest BCUT2D eigenvalue weighted by Gasteiger charge is -2.75. The van der Waals surface area contributed by atoms with Gasteiger partial charge in [0.1, 0.15) is 18.3 Å². The van der Waals surface area contributed by atoms with E-state index in [0.717, 1.165) is 64.2 Å². The lowest BCUT2D eigenvalue weighted by molar-refractivity contribution is -0.324. The number of rotatable bonds is 5. The Bertz CT molecular complexity index is 1530. The molecule has 7 aliphatic carbocycles. The van der Waals surface area contributed by atoms with Gasteiger partial charge in [-0.25, -0.2) is 4.79 Å². The molecule has 2 bridgehead atoms. The minimum absolute atomic E-state index is 0.00426. The molecule has 9 heteroatoms. The van der Waals surface area contributed by atoms with E-state index in [1.807, 2.05) is 0 Å². The highest BCUT2D eigenvalue weighted by atomic mass is 16.7. The van der Waals surface area contributed by atoms with Gasteiger partial charge in [-0.15, -0.1) is 0 Å². The first-order valence-corrected chi connectivity index (χ1v) is 20.6. The maximum atomic E-state index is 13.7. The maximum absolute atomic E-state index is 13.7. The molecular weight excluding hydrogens is 660 g/mol. The largest absolute Gasteiger partial charge is 0.481 e. The second-order valence-electron chi connectivity index (χ2n) is 20.4. The molecule has 0 aromatic carbocycles. The lowest BCUT2D eigenvalue weighted by atomic mass is 9.28. The van der Waals surface area contributed by atoms with Crippen LogP contribution >= 0.6 is 0 Å². The summed E-state index contributed by atoms with van der Waals surface area (Å²) in [6, 6.07) is 0. The first-order valence-electron chi connectivity index (χ1n) is 20.6. The minimum Gasteiger partial charge on any atom is -0.481 e. The molecule has 5 saturated carbocycles. The van der Waals surface area contributed by atoms with Crippen LogP contribution in [0.1, 0.15) is 137 Å². The lowest BCUT2D eigenvalue weighted by Crippen LogP contribution is -2.70. The number of aliphatic hydroxyl groups is 3. The van der Waals surface area contributed by atoms with Gasteiger partial charge in [-0.3, -0.25) is 4.79 Å². The summed E-state index contributed by atoms with van der Waals surface area (Å²) in [4.78, 5) is 25.5. The summed E-state index contributed by atoms with van der Waals surface area (Å²) in [6.45, 7) is 12.0. The molecule has 1 spiro atoms. The van der Waals surface area contributed by atoms with Crippen LogP contribution in [0.4, 0.5) is 0 Å². The number of carboxylic acid groups (broad SMARTS) is 2. The van der Waals surface area contributed by atoms with Crippen molar-refractivity contribution in [1.82, 2.24) is 0 Å². The third kappa shape index (κ3) is 4.70. The van der Waals surface area contributed by atoms with Crippen molar-refractivity contribution in [3.05, 3.63) is 23.8 Å². The monoisotopic (exact) mass is 724 g/mol. The van der Waals surface area contributed by atoms with Crippen LogP contribution in [0.15, 0.2) is 23.8 Å². The zero-order valence-electron chi connectivity index (χ0n) is 32.1. The summed E-state index contributed by atoms with van der Waals surface area (Å²) in [5, 5.41) is 52.5. The van der Waals surface area contributed by atoms with Crippen molar-refractivity contribution in [3.8, 4) is 0 Å². The molecule has 0 aromatic rings. The van der Waals surface area contributed by atoms with Gasteiger partial charge in [0, 0.05) is 10.8 Å². The van der Waals surface area contributed by atoms with E-state index in [1.165, 1.54) is 37.7 Å². The van der Waals surface area contributed by atoms with Gasteiger partial charge in [-0.1, -0.05) is 77.7 Å². The number of carboxylic acids is 2. The molecule has 52 heavy (non-hydrogen) atoms. The van der Waals surface area contributed by atoms with Gasteiger partial charge in [-0.05, 0) is 123 Å². The molecule has 1 aliphatic heterocycles. The molecule has 0 radical (unpaired) electrons. The molecule has 0 amide bonds. The van der Waals surface area contributed by atoms with E-state index in [9.17, 15) is 35.1 Å². The minimum atomic E-state index is -1.75. The second kappa shape index (κ2) is 12.1. The number of fused-ring (bicyclic) bond motifs is 6. The molecule has 6 fully saturated rings. The molecule has 8 aliphatic rings. The fraction of sp³-hybridized carbons (Fsp3) is 0.860. The van der Waals surface area contributed by atoms with Crippen molar-refractivity contribution >= 4 is 11.9 Å². The smallest absolute Gasteiger partial charge is 0.335 e. The van der Waals surface area contributed by atoms with Crippen LogP contribution in [0.2, 0.25) is 0 Å². The standard InChI is InChI=1S/C43H64O9/c1-37(2)26-14-19-40(5)27(39(26,4)18-15-29(37)51-35-32(46)30(44)31(45)33(52-35)34(47)48)12-13-28-42-17-9-16-38(3,24-42)20-21-41(42,36(49)50)22-23-43(28,40)25-10-7-6-8-11-25/h9,13,17,25-27,29-33,35,44-46H,6-8,10-12,14-16,18-24H2,1-5H3,(H,47,48)(H,49,50). The van der Waals surface area contributed by atoms with E-state index in [1.54, 1.807) is 0 Å². The molecule has 290 valence electrons. The summed E-state index contributed by atoms with van der Waals surface area (Å²) in [6.07, 6.45) is 15.3. The van der Waals surface area contributed by atoms with Gasteiger partial charge in [0.05, 0.1) is 11.5 Å². The average Bonchev–Trinajstić information content (AvgIpc) is 3.09. The second-order valence-corrected chi connectivity index (χ2v) is 20.4. The summed E-state index contributed by atoms with van der Waals surface area (Å²) < 4.78 is 12.1. The van der Waals surface area contributed by atoms with Crippen LogP contribution in [0.3, 0.4) is 0 Å². The van der Waals surface area contributed by atoms with E-state index >= 15 is 0 Å². The Morgan fingerprint density at radius 3 is 2.21 bits per heavy atom. The van der Waals surface area contributed by atoms with Crippen LogP contribution < -0.4 is 0 Å². The van der Waals surface area contributed by atoms with Gasteiger partial charge >= 0.3 is 11.9 Å². The van der Waals surface area contributed by atoms with Crippen molar-refractivity contribution in [2.75, 3.05) is 0 Å². The fourth-order valence-corrected chi connectivity index (χ4v) is 15.6. The Morgan fingerprint density at radius 1 is 0.808 bits per heavy atom. The molecule has 1 saturated heterocycles. The zero-order valence-corrected chi connectivity index (χ0v) is 32.1. The highest BCUT2D eigenvalue weighted by Gasteiger charge is 2.75. The van der Waals surface area contributed by atoms with Gasteiger partial charge in [0.25, 0.3) is 0 Å². The van der Waals surface area contributed by atoms with Crippen molar-refractivity contribution in [2.45, 2.75) is 174 Å². The molecular formula is C43H64O9. The van der Waals surface area contributed by atoms with Crippen LogP contribution in [-0.2, 0) is 19.1 Å². The van der Waals surface area contributed by atoms with Crippen LogP contribution in [-0.4, -0.2) is 74.3 Å². The number of aliphatic carboxylic acids is 2. The third-order valence-electron chi connectivity index (χ3n) is 18.0. The molecule has 5 N–H and O–H groups in total. The Balaban J connectivity index is 1.18. The number of carbonyl (C=O) groups is 2. The van der Waals surface area contributed by atoms with Gasteiger partial charge in [0.2, 0.25) is 0 Å². The topological polar surface area (TPSA) is 154 Å². The first-order chi connectivity index (χ1) is 24.4. The number of hydrogen-bond donors (Lipinski definition) is 5. The number of allylic oxidation sites excluding steroid dienone is 4.